The number of fused-ring (bicyclic) bond motifs is 1. The molecule has 3 rings (SSSR count). The molecule has 0 spiro atoms. The SMILES string of the molecule is COc1ccc2oc(=Nc3cc(F)ccc3F)c(C(N)=O)cc2c1. The van der Waals surface area contributed by atoms with E-state index in [4.69, 9.17) is 14.9 Å². The van der Waals surface area contributed by atoms with Gasteiger partial charge in [0.05, 0.1) is 7.11 Å². The first-order valence-electron chi connectivity index (χ1n) is 6.89. The Morgan fingerprint density at radius 3 is 2.67 bits per heavy atom. The predicted octanol–water partition coefficient (Wildman–Crippen LogP) is 3.05. The molecule has 0 bridgehead atoms. The molecule has 0 fully saturated rings. The van der Waals surface area contributed by atoms with E-state index in [1.165, 1.54) is 13.2 Å². The van der Waals surface area contributed by atoms with E-state index >= 15 is 0 Å². The number of hydrogen-bond acceptors (Lipinski definition) is 4. The van der Waals surface area contributed by atoms with Crippen LogP contribution >= 0.6 is 0 Å². The number of rotatable bonds is 3. The molecule has 0 atom stereocenters. The van der Waals surface area contributed by atoms with Crippen LogP contribution in [0.15, 0.2) is 51.9 Å². The van der Waals surface area contributed by atoms with Crippen molar-refractivity contribution < 1.29 is 22.7 Å². The molecule has 2 aromatic carbocycles. The van der Waals surface area contributed by atoms with Crippen LogP contribution in [0.25, 0.3) is 11.0 Å². The minimum Gasteiger partial charge on any atom is -0.497 e. The Morgan fingerprint density at radius 1 is 1.17 bits per heavy atom. The number of ether oxygens (including phenoxy) is 1. The van der Waals surface area contributed by atoms with Gasteiger partial charge in [-0.05, 0) is 36.4 Å². The second kappa shape index (κ2) is 6.11. The normalized spacial score (nSPS) is 11.7. The van der Waals surface area contributed by atoms with Crippen molar-refractivity contribution in [2.24, 2.45) is 10.7 Å². The van der Waals surface area contributed by atoms with E-state index in [1.807, 2.05) is 0 Å². The monoisotopic (exact) mass is 330 g/mol. The smallest absolute Gasteiger partial charge is 0.254 e. The zero-order chi connectivity index (χ0) is 17.3. The Hall–Kier alpha value is -3.22. The maximum absolute atomic E-state index is 13.8. The van der Waals surface area contributed by atoms with Gasteiger partial charge in [0.15, 0.2) is 0 Å². The van der Waals surface area contributed by atoms with Crippen molar-refractivity contribution in [1.29, 1.82) is 0 Å². The number of nitrogens with zero attached hydrogens (tertiary/aromatic N) is 1. The maximum atomic E-state index is 13.8. The van der Waals surface area contributed by atoms with Crippen LogP contribution in [-0.2, 0) is 0 Å². The molecule has 1 heterocycles. The van der Waals surface area contributed by atoms with Crippen LogP contribution < -0.4 is 16.0 Å². The Morgan fingerprint density at radius 2 is 1.96 bits per heavy atom. The quantitative estimate of drug-likeness (QED) is 0.802. The lowest BCUT2D eigenvalue weighted by atomic mass is 10.1. The van der Waals surface area contributed by atoms with Crippen molar-refractivity contribution in [3.05, 3.63) is 65.2 Å². The minimum absolute atomic E-state index is 0.0561. The molecule has 0 saturated carbocycles. The van der Waals surface area contributed by atoms with Gasteiger partial charge in [0, 0.05) is 11.5 Å². The van der Waals surface area contributed by atoms with Gasteiger partial charge in [-0.2, -0.15) is 0 Å². The number of carbonyl (C=O) groups is 1. The lowest BCUT2D eigenvalue weighted by Gasteiger charge is -2.04. The Balaban J connectivity index is 2.29. The van der Waals surface area contributed by atoms with Crippen LogP contribution in [-0.4, -0.2) is 13.0 Å². The number of amides is 1. The second-order valence-corrected chi connectivity index (χ2v) is 4.94. The minimum atomic E-state index is -0.806. The number of carbonyl (C=O) groups excluding carboxylic acids is 1. The summed E-state index contributed by atoms with van der Waals surface area (Å²) in [6.45, 7) is 0. The van der Waals surface area contributed by atoms with Gasteiger partial charge >= 0.3 is 0 Å². The van der Waals surface area contributed by atoms with E-state index in [-0.39, 0.29) is 16.8 Å². The molecule has 1 amide bonds. The summed E-state index contributed by atoms with van der Waals surface area (Å²) >= 11 is 0. The third kappa shape index (κ3) is 2.96. The molecule has 3 aromatic rings. The van der Waals surface area contributed by atoms with Gasteiger partial charge in [-0.25, -0.2) is 13.8 Å². The highest BCUT2D eigenvalue weighted by Gasteiger charge is 2.11. The lowest BCUT2D eigenvalue weighted by molar-refractivity contribution is 0.0996. The molecular weight excluding hydrogens is 318 g/mol. The van der Waals surface area contributed by atoms with Crippen molar-refractivity contribution in [3.63, 3.8) is 0 Å². The number of halogens is 2. The first-order valence-corrected chi connectivity index (χ1v) is 6.89. The van der Waals surface area contributed by atoms with Crippen LogP contribution in [0.2, 0.25) is 0 Å². The highest BCUT2D eigenvalue weighted by Crippen LogP contribution is 2.22. The van der Waals surface area contributed by atoms with E-state index in [0.29, 0.717) is 16.7 Å². The fourth-order valence-corrected chi connectivity index (χ4v) is 2.18. The predicted molar refractivity (Wildman–Crippen MR) is 82.9 cm³/mol. The fourth-order valence-electron chi connectivity index (χ4n) is 2.18. The Kier molecular flexibility index (Phi) is 3.99. The van der Waals surface area contributed by atoms with Gasteiger partial charge in [0.2, 0.25) is 5.55 Å². The van der Waals surface area contributed by atoms with Gasteiger partial charge in [0.1, 0.15) is 34.2 Å². The molecule has 0 aliphatic heterocycles. The molecule has 1 aromatic heterocycles. The van der Waals surface area contributed by atoms with Gasteiger partial charge in [-0.15, -0.1) is 0 Å². The molecule has 0 radical (unpaired) electrons. The average Bonchev–Trinajstić information content (AvgIpc) is 2.57. The Bertz CT molecular complexity index is 1010. The van der Waals surface area contributed by atoms with E-state index in [1.54, 1.807) is 18.2 Å². The van der Waals surface area contributed by atoms with Crippen molar-refractivity contribution in [3.8, 4) is 5.75 Å². The van der Waals surface area contributed by atoms with Crippen LogP contribution in [0, 0.1) is 11.6 Å². The van der Waals surface area contributed by atoms with E-state index in [9.17, 15) is 13.6 Å². The zero-order valence-corrected chi connectivity index (χ0v) is 12.5. The molecule has 0 saturated heterocycles. The van der Waals surface area contributed by atoms with Crippen LogP contribution in [0.5, 0.6) is 5.75 Å². The van der Waals surface area contributed by atoms with Crippen molar-refractivity contribution in [2.45, 2.75) is 0 Å². The molecule has 24 heavy (non-hydrogen) atoms. The van der Waals surface area contributed by atoms with Crippen LogP contribution in [0.4, 0.5) is 14.5 Å². The molecule has 0 aliphatic rings. The molecular formula is C17H12F2N2O3. The van der Waals surface area contributed by atoms with Gasteiger partial charge in [-0.3, -0.25) is 4.79 Å². The molecule has 5 nitrogen and oxygen atoms in total. The van der Waals surface area contributed by atoms with Crippen molar-refractivity contribution in [2.75, 3.05) is 7.11 Å². The highest BCUT2D eigenvalue weighted by molar-refractivity contribution is 5.95. The number of methoxy groups -OCH3 is 1. The van der Waals surface area contributed by atoms with Crippen LogP contribution in [0.3, 0.4) is 0 Å². The summed E-state index contributed by atoms with van der Waals surface area (Å²) < 4.78 is 37.7. The summed E-state index contributed by atoms with van der Waals surface area (Å²) in [5.41, 5.74) is 5.17. The van der Waals surface area contributed by atoms with Crippen LogP contribution in [0.1, 0.15) is 10.4 Å². The Labute approximate surface area is 135 Å². The van der Waals surface area contributed by atoms with Crippen molar-refractivity contribution >= 4 is 22.6 Å². The standard InChI is InChI=1S/C17H12F2N2O3/c1-23-11-3-5-15-9(6-11)7-12(16(20)22)17(24-15)21-14-8-10(18)2-4-13(14)19/h2-8H,1H3,(H2,20,22). The van der Waals surface area contributed by atoms with Crippen molar-refractivity contribution in [1.82, 2.24) is 0 Å². The topological polar surface area (TPSA) is 77.8 Å². The summed E-state index contributed by atoms with van der Waals surface area (Å²) in [7, 11) is 1.50. The first kappa shape index (κ1) is 15.7. The molecule has 0 unspecified atom stereocenters. The van der Waals surface area contributed by atoms with E-state index in [2.05, 4.69) is 4.99 Å². The molecule has 0 aliphatic carbocycles. The van der Waals surface area contributed by atoms with Gasteiger partial charge in [0.25, 0.3) is 5.91 Å². The number of benzene rings is 2. The number of nitrogens with two attached hydrogens (primary N) is 1. The maximum Gasteiger partial charge on any atom is 0.254 e. The first-order chi connectivity index (χ1) is 11.5. The molecule has 2 N–H and O–H groups in total. The van der Waals surface area contributed by atoms with E-state index < -0.39 is 17.5 Å². The molecule has 122 valence electrons. The molecule has 7 heteroatoms. The lowest BCUT2D eigenvalue weighted by Crippen LogP contribution is -2.21. The zero-order valence-electron chi connectivity index (χ0n) is 12.5. The summed E-state index contributed by atoms with van der Waals surface area (Å²) in [6, 6.07) is 9.17. The van der Waals surface area contributed by atoms with Gasteiger partial charge in [-0.1, -0.05) is 0 Å². The third-order valence-corrected chi connectivity index (χ3v) is 3.35. The number of primary amides is 1. The third-order valence-electron chi connectivity index (χ3n) is 3.35. The van der Waals surface area contributed by atoms with E-state index in [0.717, 1.165) is 18.2 Å². The summed E-state index contributed by atoms with van der Waals surface area (Å²) in [5.74, 6) is -1.66. The summed E-state index contributed by atoms with van der Waals surface area (Å²) in [5, 5.41) is 0.557. The summed E-state index contributed by atoms with van der Waals surface area (Å²) in [6.07, 6.45) is 0. The largest absolute Gasteiger partial charge is 0.497 e. The number of hydrogen-bond donors (Lipinski definition) is 1. The fraction of sp³-hybridized carbons (Fsp3) is 0.0588. The second-order valence-electron chi connectivity index (χ2n) is 4.94. The average molecular weight is 330 g/mol. The summed E-state index contributed by atoms with van der Waals surface area (Å²) in [4.78, 5) is 15.6. The van der Waals surface area contributed by atoms with Gasteiger partial charge < -0.3 is 14.9 Å². The highest BCUT2D eigenvalue weighted by atomic mass is 19.1.